The number of halogens is 2. The summed E-state index contributed by atoms with van der Waals surface area (Å²) >= 11 is 9.97. The quantitative estimate of drug-likeness (QED) is 0.538. The van der Waals surface area contributed by atoms with E-state index in [1.54, 1.807) is 24.3 Å². The molecule has 0 N–H and O–H groups in total. The molecule has 0 aromatic heterocycles. The average Bonchev–Trinajstić information content (AvgIpc) is 2.42. The number of nitro groups is 2. The van der Waals surface area contributed by atoms with Crippen molar-refractivity contribution in [3.05, 3.63) is 66.1 Å². The van der Waals surface area contributed by atoms with Crippen LogP contribution in [-0.4, -0.2) is 9.85 Å². The molecule has 2 aromatic rings. The van der Waals surface area contributed by atoms with Gasteiger partial charge in [0.2, 0.25) is 0 Å². The van der Waals surface area contributed by atoms with Crippen molar-refractivity contribution in [2.45, 2.75) is 9.79 Å². The first-order valence-electron chi connectivity index (χ1n) is 5.45. The molecule has 0 aliphatic heterocycles. The van der Waals surface area contributed by atoms with Crippen LogP contribution in [0.5, 0.6) is 0 Å². The highest BCUT2D eigenvalue weighted by Crippen LogP contribution is 2.44. The topological polar surface area (TPSA) is 86.3 Å². The molecular formula is C12H6BrClN2O4S. The van der Waals surface area contributed by atoms with Crippen molar-refractivity contribution in [1.29, 1.82) is 0 Å². The zero-order valence-electron chi connectivity index (χ0n) is 10.2. The van der Waals surface area contributed by atoms with Gasteiger partial charge in [-0.25, -0.2) is 0 Å². The van der Waals surface area contributed by atoms with E-state index in [4.69, 9.17) is 11.6 Å². The fourth-order valence-corrected chi connectivity index (χ4v) is 3.32. The summed E-state index contributed by atoms with van der Waals surface area (Å²) < 4.78 is 0.688. The minimum Gasteiger partial charge on any atom is -0.258 e. The number of rotatable bonds is 4. The maximum absolute atomic E-state index is 11.1. The van der Waals surface area contributed by atoms with E-state index in [2.05, 4.69) is 15.9 Å². The van der Waals surface area contributed by atoms with E-state index in [0.29, 0.717) is 9.37 Å². The second-order valence-electron chi connectivity index (χ2n) is 3.82. The van der Waals surface area contributed by atoms with Gasteiger partial charge in [0.25, 0.3) is 11.4 Å². The maximum Gasteiger partial charge on any atom is 0.291 e. The molecule has 0 unspecified atom stereocenters. The molecule has 2 aromatic carbocycles. The molecule has 2 rings (SSSR count). The smallest absolute Gasteiger partial charge is 0.258 e. The Hall–Kier alpha value is -1.64. The molecule has 0 bridgehead atoms. The number of hydrogen-bond donors (Lipinski definition) is 0. The molecule has 21 heavy (non-hydrogen) atoms. The standard InChI is InChI=1S/C12H6BrClN2O4S/c13-8-3-1-2-4-11(8)21-12-9(15(17)18)5-7(14)6-10(12)16(19)20/h1-6H. The van der Waals surface area contributed by atoms with E-state index >= 15 is 0 Å². The molecule has 0 saturated heterocycles. The average molecular weight is 390 g/mol. The third-order valence-corrected chi connectivity index (χ3v) is 4.83. The Labute approximate surface area is 136 Å². The van der Waals surface area contributed by atoms with Crippen LogP contribution in [-0.2, 0) is 0 Å². The lowest BCUT2D eigenvalue weighted by atomic mass is 10.3. The maximum atomic E-state index is 11.1. The third-order valence-electron chi connectivity index (χ3n) is 2.46. The first kappa shape index (κ1) is 15.7. The normalized spacial score (nSPS) is 10.4. The number of nitrogens with zero attached hydrogens (tertiary/aromatic N) is 2. The van der Waals surface area contributed by atoms with Gasteiger partial charge in [0.15, 0.2) is 4.90 Å². The number of hydrogen-bond acceptors (Lipinski definition) is 5. The van der Waals surface area contributed by atoms with Gasteiger partial charge >= 0.3 is 0 Å². The van der Waals surface area contributed by atoms with Crippen molar-refractivity contribution in [1.82, 2.24) is 0 Å². The molecule has 0 atom stereocenters. The van der Waals surface area contributed by atoms with Gasteiger partial charge in [0, 0.05) is 21.5 Å². The predicted molar refractivity (Wildman–Crippen MR) is 83.0 cm³/mol. The van der Waals surface area contributed by atoms with Crippen LogP contribution in [0.1, 0.15) is 0 Å². The number of nitro benzene ring substituents is 2. The summed E-state index contributed by atoms with van der Waals surface area (Å²) in [6.07, 6.45) is 0. The van der Waals surface area contributed by atoms with Gasteiger partial charge in [0.05, 0.1) is 14.9 Å². The van der Waals surface area contributed by atoms with Crippen molar-refractivity contribution in [3.63, 3.8) is 0 Å². The summed E-state index contributed by atoms with van der Waals surface area (Å²) in [5.74, 6) is 0. The van der Waals surface area contributed by atoms with Crippen molar-refractivity contribution < 1.29 is 9.85 Å². The molecule has 6 nitrogen and oxygen atoms in total. The monoisotopic (exact) mass is 388 g/mol. The fourth-order valence-electron chi connectivity index (χ4n) is 1.58. The summed E-state index contributed by atoms with van der Waals surface area (Å²) in [7, 11) is 0. The van der Waals surface area contributed by atoms with E-state index in [1.165, 1.54) is 0 Å². The van der Waals surface area contributed by atoms with Crippen molar-refractivity contribution in [3.8, 4) is 0 Å². The van der Waals surface area contributed by atoms with Gasteiger partial charge in [0.1, 0.15) is 0 Å². The predicted octanol–water partition coefficient (Wildman–Crippen LogP) is 5.07. The van der Waals surface area contributed by atoms with Crippen LogP contribution in [0.3, 0.4) is 0 Å². The number of benzene rings is 2. The Morgan fingerprint density at radius 1 is 1.05 bits per heavy atom. The van der Waals surface area contributed by atoms with Gasteiger partial charge in [-0.2, -0.15) is 0 Å². The minimum atomic E-state index is -0.682. The van der Waals surface area contributed by atoms with Crippen LogP contribution in [0.2, 0.25) is 5.02 Å². The lowest BCUT2D eigenvalue weighted by Crippen LogP contribution is -1.97. The molecule has 0 amide bonds. The highest BCUT2D eigenvalue weighted by atomic mass is 79.9. The molecule has 0 radical (unpaired) electrons. The highest BCUT2D eigenvalue weighted by Gasteiger charge is 2.27. The van der Waals surface area contributed by atoms with Crippen LogP contribution in [0.4, 0.5) is 11.4 Å². The van der Waals surface area contributed by atoms with Crippen LogP contribution in [0.25, 0.3) is 0 Å². The molecule has 0 aliphatic rings. The molecule has 0 fully saturated rings. The third kappa shape index (κ3) is 3.52. The van der Waals surface area contributed by atoms with Gasteiger partial charge in [-0.05, 0) is 28.1 Å². The van der Waals surface area contributed by atoms with E-state index in [1.807, 2.05) is 0 Å². The lowest BCUT2D eigenvalue weighted by molar-refractivity contribution is -0.399. The molecule has 0 saturated carbocycles. The van der Waals surface area contributed by atoms with Crippen molar-refractivity contribution in [2.75, 3.05) is 0 Å². The van der Waals surface area contributed by atoms with Gasteiger partial charge in [-0.1, -0.05) is 35.5 Å². The molecule has 9 heteroatoms. The SMILES string of the molecule is O=[N+]([O-])c1cc(Cl)cc([N+](=O)[O-])c1Sc1ccccc1Br. The lowest BCUT2D eigenvalue weighted by Gasteiger charge is -2.06. The summed E-state index contributed by atoms with van der Waals surface area (Å²) in [6, 6.07) is 9.17. The highest BCUT2D eigenvalue weighted by molar-refractivity contribution is 9.10. The molecular weight excluding hydrogens is 384 g/mol. The van der Waals surface area contributed by atoms with Gasteiger partial charge in [-0.3, -0.25) is 20.2 Å². The second kappa shape index (κ2) is 6.42. The van der Waals surface area contributed by atoms with E-state index < -0.39 is 21.2 Å². The molecule has 0 spiro atoms. The van der Waals surface area contributed by atoms with Gasteiger partial charge in [-0.15, -0.1) is 0 Å². The first-order valence-corrected chi connectivity index (χ1v) is 7.43. The zero-order valence-corrected chi connectivity index (χ0v) is 13.3. The Balaban J connectivity index is 2.63. The van der Waals surface area contributed by atoms with Crippen molar-refractivity contribution in [2.24, 2.45) is 0 Å². The minimum absolute atomic E-state index is 0.0510. The van der Waals surface area contributed by atoms with Gasteiger partial charge < -0.3 is 0 Å². The zero-order chi connectivity index (χ0) is 15.6. The Morgan fingerprint density at radius 2 is 1.57 bits per heavy atom. The van der Waals surface area contributed by atoms with Crippen LogP contribution < -0.4 is 0 Å². The fraction of sp³-hybridized carbons (Fsp3) is 0. The Kier molecular flexibility index (Phi) is 4.81. The Bertz CT molecular complexity index is 706. The molecule has 108 valence electrons. The Morgan fingerprint density at radius 3 is 2.05 bits per heavy atom. The molecule has 0 heterocycles. The van der Waals surface area contributed by atoms with Crippen LogP contribution in [0.15, 0.2) is 50.7 Å². The van der Waals surface area contributed by atoms with Crippen LogP contribution in [0, 0.1) is 20.2 Å². The summed E-state index contributed by atoms with van der Waals surface area (Å²) in [6.45, 7) is 0. The summed E-state index contributed by atoms with van der Waals surface area (Å²) in [4.78, 5) is 21.5. The first-order chi connectivity index (χ1) is 9.90. The van der Waals surface area contributed by atoms with Crippen LogP contribution >= 0.6 is 39.3 Å². The second-order valence-corrected chi connectivity index (χ2v) is 6.16. The van der Waals surface area contributed by atoms with E-state index in [-0.39, 0.29) is 9.92 Å². The van der Waals surface area contributed by atoms with E-state index in [9.17, 15) is 20.2 Å². The molecule has 0 aliphatic carbocycles. The van der Waals surface area contributed by atoms with E-state index in [0.717, 1.165) is 23.9 Å². The summed E-state index contributed by atoms with van der Waals surface area (Å²) in [5, 5.41) is 22.2. The van der Waals surface area contributed by atoms with Crippen molar-refractivity contribution >= 4 is 50.7 Å². The summed E-state index contributed by atoms with van der Waals surface area (Å²) in [5.41, 5.74) is -0.787. The largest absolute Gasteiger partial charge is 0.291 e.